The van der Waals surface area contributed by atoms with Gasteiger partial charge < -0.3 is 0 Å². The third-order valence-corrected chi connectivity index (χ3v) is 4.95. The molecule has 2 N–H and O–H groups in total. The molecule has 24 heavy (non-hydrogen) atoms. The van der Waals surface area contributed by atoms with Crippen LogP contribution in [0.25, 0.3) is 0 Å². The SMILES string of the molecule is O=C(C=C1SC(=O)NC1=O)Nc1ncc(Cc2ccc(Cl)cc2)s1. The van der Waals surface area contributed by atoms with E-state index in [0.717, 1.165) is 16.5 Å². The standard InChI is InChI=1S/C15H10ClN3O3S2/c16-9-3-1-8(2-4-9)5-10-7-17-14(23-10)18-12(20)6-11-13(21)19-15(22)24-11/h1-4,6-7H,5H2,(H,17,18,20)(H,19,21,22). The summed E-state index contributed by atoms with van der Waals surface area (Å²) in [6.45, 7) is 0. The molecule has 3 amide bonds. The lowest BCUT2D eigenvalue weighted by atomic mass is 10.1. The van der Waals surface area contributed by atoms with Crippen molar-refractivity contribution < 1.29 is 14.4 Å². The third kappa shape index (κ3) is 4.22. The molecule has 3 rings (SSSR count). The summed E-state index contributed by atoms with van der Waals surface area (Å²) in [4.78, 5) is 39.5. The van der Waals surface area contributed by atoms with E-state index in [-0.39, 0.29) is 4.91 Å². The highest BCUT2D eigenvalue weighted by Crippen LogP contribution is 2.24. The first-order chi connectivity index (χ1) is 11.5. The van der Waals surface area contributed by atoms with Crippen LogP contribution in [0.15, 0.2) is 41.4 Å². The third-order valence-electron chi connectivity index (χ3n) is 2.98. The molecule has 0 aliphatic carbocycles. The lowest BCUT2D eigenvalue weighted by Crippen LogP contribution is -2.18. The molecular weight excluding hydrogens is 370 g/mol. The van der Waals surface area contributed by atoms with Gasteiger partial charge in [-0.05, 0) is 29.5 Å². The molecule has 0 spiro atoms. The van der Waals surface area contributed by atoms with Gasteiger partial charge in [-0.1, -0.05) is 23.7 Å². The number of anilines is 1. The number of rotatable bonds is 4. The van der Waals surface area contributed by atoms with Gasteiger partial charge in [-0.15, -0.1) is 11.3 Å². The van der Waals surface area contributed by atoms with Crippen LogP contribution in [0.4, 0.5) is 9.93 Å². The highest BCUT2D eigenvalue weighted by Gasteiger charge is 2.26. The Bertz CT molecular complexity index is 846. The van der Waals surface area contributed by atoms with Crippen molar-refractivity contribution in [2.45, 2.75) is 6.42 Å². The van der Waals surface area contributed by atoms with Crippen LogP contribution in [-0.4, -0.2) is 22.0 Å². The fraction of sp³-hybridized carbons (Fsp3) is 0.0667. The number of carbonyl (C=O) groups is 3. The van der Waals surface area contributed by atoms with Gasteiger partial charge in [-0.3, -0.25) is 25.0 Å². The maximum Gasteiger partial charge on any atom is 0.290 e. The van der Waals surface area contributed by atoms with Gasteiger partial charge in [0.05, 0.1) is 4.91 Å². The van der Waals surface area contributed by atoms with Crippen LogP contribution in [-0.2, 0) is 16.0 Å². The zero-order valence-corrected chi connectivity index (χ0v) is 14.4. The number of thioether (sulfide) groups is 1. The van der Waals surface area contributed by atoms with E-state index in [2.05, 4.69) is 15.6 Å². The van der Waals surface area contributed by atoms with E-state index in [9.17, 15) is 14.4 Å². The van der Waals surface area contributed by atoms with Crippen LogP contribution in [0.2, 0.25) is 5.02 Å². The monoisotopic (exact) mass is 379 g/mol. The van der Waals surface area contributed by atoms with Crippen molar-refractivity contribution in [2.24, 2.45) is 0 Å². The van der Waals surface area contributed by atoms with E-state index in [1.807, 2.05) is 24.3 Å². The van der Waals surface area contributed by atoms with E-state index in [1.165, 1.54) is 11.3 Å². The summed E-state index contributed by atoms with van der Waals surface area (Å²) in [5.41, 5.74) is 1.08. The molecule has 1 aromatic carbocycles. The number of hydrogen-bond acceptors (Lipinski definition) is 6. The molecule has 1 aliphatic heterocycles. The second-order valence-corrected chi connectivity index (χ2v) is 7.34. The Labute approximate surface area is 150 Å². The molecule has 0 atom stereocenters. The molecule has 2 aromatic rings. The highest BCUT2D eigenvalue weighted by molar-refractivity contribution is 8.18. The predicted octanol–water partition coefficient (Wildman–Crippen LogP) is 3.19. The summed E-state index contributed by atoms with van der Waals surface area (Å²) in [5.74, 6) is -1.07. The van der Waals surface area contributed by atoms with Gasteiger partial charge in [0.25, 0.3) is 17.1 Å². The van der Waals surface area contributed by atoms with Gasteiger partial charge in [-0.25, -0.2) is 4.98 Å². The average molecular weight is 380 g/mol. The number of nitrogens with one attached hydrogen (secondary N) is 2. The minimum Gasteiger partial charge on any atom is -0.298 e. The minimum atomic E-state index is -0.567. The van der Waals surface area contributed by atoms with Crippen molar-refractivity contribution in [2.75, 3.05) is 5.32 Å². The molecular formula is C15H10ClN3O3S2. The molecule has 6 nitrogen and oxygen atoms in total. The summed E-state index contributed by atoms with van der Waals surface area (Å²) in [7, 11) is 0. The van der Waals surface area contributed by atoms with Gasteiger partial charge in [-0.2, -0.15) is 0 Å². The molecule has 0 radical (unpaired) electrons. The number of benzene rings is 1. The Morgan fingerprint density at radius 3 is 2.71 bits per heavy atom. The summed E-state index contributed by atoms with van der Waals surface area (Å²) in [6.07, 6.45) is 3.45. The van der Waals surface area contributed by atoms with Crippen molar-refractivity contribution >= 4 is 56.9 Å². The zero-order valence-electron chi connectivity index (χ0n) is 12.0. The quantitative estimate of drug-likeness (QED) is 0.796. The Morgan fingerprint density at radius 2 is 2.04 bits per heavy atom. The maximum atomic E-state index is 11.9. The molecule has 0 saturated carbocycles. The summed E-state index contributed by atoms with van der Waals surface area (Å²) in [6, 6.07) is 7.49. The van der Waals surface area contributed by atoms with Gasteiger partial charge in [0, 0.05) is 28.6 Å². The van der Waals surface area contributed by atoms with Crippen LogP contribution >= 0.6 is 34.7 Å². The number of hydrogen-bond donors (Lipinski definition) is 2. The lowest BCUT2D eigenvalue weighted by molar-refractivity contribution is -0.116. The molecule has 122 valence electrons. The van der Waals surface area contributed by atoms with Gasteiger partial charge >= 0.3 is 0 Å². The summed E-state index contributed by atoms with van der Waals surface area (Å²) < 4.78 is 0. The first kappa shape index (κ1) is 16.7. The van der Waals surface area contributed by atoms with Crippen molar-refractivity contribution in [3.05, 3.63) is 56.9 Å². The van der Waals surface area contributed by atoms with Crippen molar-refractivity contribution in [3.8, 4) is 0 Å². The van der Waals surface area contributed by atoms with Crippen molar-refractivity contribution in [1.82, 2.24) is 10.3 Å². The van der Waals surface area contributed by atoms with Gasteiger partial charge in [0.1, 0.15) is 0 Å². The molecule has 2 heterocycles. The Morgan fingerprint density at radius 1 is 1.29 bits per heavy atom. The lowest BCUT2D eigenvalue weighted by Gasteiger charge is -1.98. The van der Waals surface area contributed by atoms with Gasteiger partial charge in [0.2, 0.25) is 0 Å². The van der Waals surface area contributed by atoms with E-state index >= 15 is 0 Å². The summed E-state index contributed by atoms with van der Waals surface area (Å²) in [5, 5.41) is 5.29. The van der Waals surface area contributed by atoms with Crippen LogP contribution in [0.5, 0.6) is 0 Å². The fourth-order valence-electron chi connectivity index (χ4n) is 1.93. The topological polar surface area (TPSA) is 88.2 Å². The van der Waals surface area contributed by atoms with Crippen LogP contribution < -0.4 is 10.6 Å². The fourth-order valence-corrected chi connectivity index (χ4v) is 3.56. The second kappa shape index (κ2) is 7.16. The second-order valence-electron chi connectivity index (χ2n) is 4.78. The molecule has 9 heteroatoms. The number of halogens is 1. The first-order valence-electron chi connectivity index (χ1n) is 6.74. The molecule has 1 aliphatic rings. The molecule has 1 fully saturated rings. The highest BCUT2D eigenvalue weighted by atomic mass is 35.5. The number of carbonyl (C=O) groups excluding carboxylic acids is 3. The molecule has 0 bridgehead atoms. The molecule has 1 aromatic heterocycles. The summed E-state index contributed by atoms with van der Waals surface area (Å²) >= 11 is 7.88. The zero-order chi connectivity index (χ0) is 17.1. The number of thiazole rings is 1. The van der Waals surface area contributed by atoms with E-state index < -0.39 is 17.1 Å². The van der Waals surface area contributed by atoms with E-state index in [1.54, 1.807) is 6.20 Å². The average Bonchev–Trinajstić information content (AvgIpc) is 3.08. The normalized spacial score (nSPS) is 15.6. The maximum absolute atomic E-state index is 11.9. The van der Waals surface area contributed by atoms with E-state index in [4.69, 9.17) is 11.6 Å². The van der Waals surface area contributed by atoms with Crippen molar-refractivity contribution in [3.63, 3.8) is 0 Å². The molecule has 0 unspecified atom stereocenters. The predicted molar refractivity (Wildman–Crippen MR) is 94.2 cm³/mol. The minimum absolute atomic E-state index is 0.0652. The Balaban J connectivity index is 1.62. The van der Waals surface area contributed by atoms with E-state index in [0.29, 0.717) is 28.3 Å². The number of imide groups is 1. The number of aromatic nitrogens is 1. The Kier molecular flexibility index (Phi) is 4.98. The van der Waals surface area contributed by atoms with Crippen LogP contribution in [0, 0.1) is 0 Å². The molecule has 1 saturated heterocycles. The van der Waals surface area contributed by atoms with Crippen molar-refractivity contribution in [1.29, 1.82) is 0 Å². The van der Waals surface area contributed by atoms with Gasteiger partial charge in [0.15, 0.2) is 5.13 Å². The van der Waals surface area contributed by atoms with Crippen LogP contribution in [0.1, 0.15) is 10.4 Å². The number of nitrogens with zero attached hydrogens (tertiary/aromatic N) is 1. The first-order valence-corrected chi connectivity index (χ1v) is 8.76. The largest absolute Gasteiger partial charge is 0.298 e. The Hall–Kier alpha value is -2.16. The smallest absolute Gasteiger partial charge is 0.290 e. The van der Waals surface area contributed by atoms with Crippen LogP contribution in [0.3, 0.4) is 0 Å². The number of amides is 3.